The third-order valence-corrected chi connectivity index (χ3v) is 3.33. The number of nitrogens with two attached hydrogens (primary N) is 1. The molecule has 1 unspecified atom stereocenters. The van der Waals surface area contributed by atoms with Crippen LogP contribution in [0.2, 0.25) is 0 Å². The number of primary amides is 1. The van der Waals surface area contributed by atoms with Gasteiger partial charge in [0.05, 0.1) is 0 Å². The molecule has 0 aliphatic carbocycles. The third kappa shape index (κ3) is 3.32. The van der Waals surface area contributed by atoms with E-state index >= 15 is 0 Å². The normalized spacial score (nSPS) is 11.9. The molecule has 3 N–H and O–H groups in total. The molecule has 2 rings (SSSR count). The first-order valence-corrected chi connectivity index (χ1v) is 6.43. The van der Waals surface area contributed by atoms with Crippen LogP contribution in [0.5, 0.6) is 0 Å². The maximum atomic E-state index is 13.2. The van der Waals surface area contributed by atoms with Crippen LogP contribution in [0.3, 0.4) is 0 Å². The molecule has 1 atom stereocenters. The Morgan fingerprint density at radius 1 is 1.21 bits per heavy atom. The molecule has 0 saturated carbocycles. The summed E-state index contributed by atoms with van der Waals surface area (Å²) >= 11 is 3.37. The van der Waals surface area contributed by atoms with Crippen LogP contribution in [0.1, 0.15) is 11.6 Å². The Hall–Kier alpha value is -1.88. The van der Waals surface area contributed by atoms with Crippen molar-refractivity contribution in [2.45, 2.75) is 6.04 Å². The van der Waals surface area contributed by atoms with Crippen LogP contribution in [0.25, 0.3) is 0 Å². The number of benzene rings is 2. The highest BCUT2D eigenvalue weighted by atomic mass is 79.9. The van der Waals surface area contributed by atoms with Crippen molar-refractivity contribution in [3.63, 3.8) is 0 Å². The van der Waals surface area contributed by atoms with Gasteiger partial charge in [-0.25, -0.2) is 4.39 Å². The van der Waals surface area contributed by atoms with Crippen LogP contribution in [0.4, 0.5) is 10.1 Å². The van der Waals surface area contributed by atoms with Crippen molar-refractivity contribution in [1.29, 1.82) is 0 Å². The molecule has 98 valence electrons. The van der Waals surface area contributed by atoms with Gasteiger partial charge in [-0.1, -0.05) is 24.3 Å². The van der Waals surface area contributed by atoms with Gasteiger partial charge in [-0.05, 0) is 45.8 Å². The summed E-state index contributed by atoms with van der Waals surface area (Å²) in [4.78, 5) is 11.5. The molecule has 0 fully saturated rings. The molecule has 1 amide bonds. The highest BCUT2D eigenvalue weighted by molar-refractivity contribution is 9.10. The van der Waals surface area contributed by atoms with E-state index in [2.05, 4.69) is 21.2 Å². The van der Waals surface area contributed by atoms with Gasteiger partial charge in [-0.2, -0.15) is 0 Å². The number of para-hydroxylation sites is 1. The van der Waals surface area contributed by atoms with E-state index in [0.29, 0.717) is 5.56 Å². The van der Waals surface area contributed by atoms with Crippen molar-refractivity contribution >= 4 is 27.5 Å². The van der Waals surface area contributed by atoms with Crippen LogP contribution < -0.4 is 11.1 Å². The van der Waals surface area contributed by atoms with Gasteiger partial charge in [0.25, 0.3) is 0 Å². The number of hydrogen-bond acceptors (Lipinski definition) is 2. The van der Waals surface area contributed by atoms with Crippen LogP contribution in [0.15, 0.2) is 53.0 Å². The number of carbonyl (C=O) groups is 1. The zero-order valence-corrected chi connectivity index (χ0v) is 11.5. The molecule has 0 aromatic heterocycles. The quantitative estimate of drug-likeness (QED) is 0.908. The minimum absolute atomic E-state index is 0.405. The summed E-state index contributed by atoms with van der Waals surface area (Å²) in [5, 5.41) is 3.00. The summed E-state index contributed by atoms with van der Waals surface area (Å²) in [6.45, 7) is 0. The molecule has 0 radical (unpaired) electrons. The van der Waals surface area contributed by atoms with E-state index in [9.17, 15) is 9.18 Å². The zero-order valence-electron chi connectivity index (χ0n) is 9.94. The predicted octanol–water partition coefficient (Wildman–Crippen LogP) is 3.23. The van der Waals surface area contributed by atoms with Gasteiger partial charge in [0.15, 0.2) is 0 Å². The summed E-state index contributed by atoms with van der Waals surface area (Å²) < 4.78 is 14.0. The smallest absolute Gasteiger partial charge is 0.244 e. The van der Waals surface area contributed by atoms with Crippen molar-refractivity contribution in [2.75, 3.05) is 5.32 Å². The van der Waals surface area contributed by atoms with Crippen molar-refractivity contribution < 1.29 is 9.18 Å². The Balaban J connectivity index is 2.32. The third-order valence-electron chi connectivity index (χ3n) is 2.64. The lowest BCUT2D eigenvalue weighted by Crippen LogP contribution is -2.27. The molecule has 2 aromatic rings. The minimum Gasteiger partial charge on any atom is -0.369 e. The predicted molar refractivity (Wildman–Crippen MR) is 76.1 cm³/mol. The summed E-state index contributed by atoms with van der Waals surface area (Å²) in [6.07, 6.45) is 0. The number of rotatable bonds is 4. The number of hydrogen-bond donors (Lipinski definition) is 2. The molecular formula is C14H12BrFN2O. The second-order valence-corrected chi connectivity index (χ2v) is 4.87. The lowest BCUT2D eigenvalue weighted by Gasteiger charge is -2.18. The van der Waals surface area contributed by atoms with Gasteiger partial charge in [0, 0.05) is 10.2 Å². The standard InChI is InChI=1S/C14H12BrFN2O/c15-11-6-1-2-7-12(11)18-13(14(17)19)9-4-3-5-10(16)8-9/h1-8,13,18H,(H2,17,19). The number of amides is 1. The molecule has 19 heavy (non-hydrogen) atoms. The van der Waals surface area contributed by atoms with Crippen LogP contribution in [-0.4, -0.2) is 5.91 Å². The molecule has 0 aliphatic rings. The van der Waals surface area contributed by atoms with Crippen molar-refractivity contribution in [2.24, 2.45) is 5.73 Å². The van der Waals surface area contributed by atoms with Gasteiger partial charge in [-0.3, -0.25) is 4.79 Å². The molecule has 0 spiro atoms. The highest BCUT2D eigenvalue weighted by Gasteiger charge is 2.18. The monoisotopic (exact) mass is 322 g/mol. The van der Waals surface area contributed by atoms with E-state index in [4.69, 9.17) is 5.73 Å². The van der Waals surface area contributed by atoms with E-state index in [1.54, 1.807) is 18.2 Å². The van der Waals surface area contributed by atoms with E-state index < -0.39 is 17.8 Å². The van der Waals surface area contributed by atoms with Gasteiger partial charge in [-0.15, -0.1) is 0 Å². The Labute approximate surface area is 118 Å². The Bertz CT molecular complexity index is 604. The average Bonchev–Trinajstić information content (AvgIpc) is 2.37. The van der Waals surface area contributed by atoms with Crippen molar-refractivity contribution in [3.8, 4) is 0 Å². The van der Waals surface area contributed by atoms with Gasteiger partial charge >= 0.3 is 0 Å². The van der Waals surface area contributed by atoms with E-state index in [-0.39, 0.29) is 0 Å². The molecule has 5 heteroatoms. The topological polar surface area (TPSA) is 55.1 Å². The van der Waals surface area contributed by atoms with Crippen LogP contribution in [-0.2, 0) is 4.79 Å². The molecule has 2 aromatic carbocycles. The maximum Gasteiger partial charge on any atom is 0.244 e. The van der Waals surface area contributed by atoms with E-state index in [1.165, 1.54) is 12.1 Å². The zero-order chi connectivity index (χ0) is 13.8. The Kier molecular flexibility index (Phi) is 4.16. The fourth-order valence-electron chi connectivity index (χ4n) is 1.74. The second kappa shape index (κ2) is 5.84. The molecule has 0 heterocycles. The maximum absolute atomic E-state index is 13.2. The minimum atomic E-state index is -0.783. The summed E-state index contributed by atoms with van der Waals surface area (Å²) in [5.74, 6) is -0.973. The molecule has 0 bridgehead atoms. The number of halogens is 2. The molecule has 3 nitrogen and oxygen atoms in total. The summed E-state index contributed by atoms with van der Waals surface area (Å²) in [6, 6.07) is 12.4. The number of carbonyl (C=O) groups excluding carboxylic acids is 1. The fourth-order valence-corrected chi connectivity index (χ4v) is 2.14. The first-order chi connectivity index (χ1) is 9.08. The first kappa shape index (κ1) is 13.5. The van der Waals surface area contributed by atoms with Gasteiger partial charge < -0.3 is 11.1 Å². The summed E-state index contributed by atoms with van der Waals surface area (Å²) in [7, 11) is 0. The molecule has 0 saturated heterocycles. The second-order valence-electron chi connectivity index (χ2n) is 4.01. The van der Waals surface area contributed by atoms with Crippen molar-refractivity contribution in [3.05, 3.63) is 64.4 Å². The lowest BCUT2D eigenvalue weighted by atomic mass is 10.1. The van der Waals surface area contributed by atoms with Crippen LogP contribution >= 0.6 is 15.9 Å². The van der Waals surface area contributed by atoms with Crippen LogP contribution in [0, 0.1) is 5.82 Å². The number of nitrogens with one attached hydrogen (secondary N) is 1. The average molecular weight is 323 g/mol. The van der Waals surface area contributed by atoms with Crippen molar-refractivity contribution in [1.82, 2.24) is 0 Å². The SMILES string of the molecule is NC(=O)C(Nc1ccccc1Br)c1cccc(F)c1. The lowest BCUT2D eigenvalue weighted by molar-refractivity contribution is -0.118. The Morgan fingerprint density at radius 2 is 1.95 bits per heavy atom. The van der Waals surface area contributed by atoms with Gasteiger partial charge in [0.2, 0.25) is 5.91 Å². The highest BCUT2D eigenvalue weighted by Crippen LogP contribution is 2.26. The molecule has 0 aliphatic heterocycles. The fraction of sp³-hybridized carbons (Fsp3) is 0.0714. The van der Waals surface area contributed by atoms with E-state index in [1.807, 2.05) is 18.2 Å². The largest absolute Gasteiger partial charge is 0.369 e. The van der Waals surface area contributed by atoms with Gasteiger partial charge in [0.1, 0.15) is 11.9 Å². The molecular weight excluding hydrogens is 311 g/mol. The number of anilines is 1. The first-order valence-electron chi connectivity index (χ1n) is 5.64. The Morgan fingerprint density at radius 3 is 2.58 bits per heavy atom. The van der Waals surface area contributed by atoms with E-state index in [0.717, 1.165) is 10.2 Å². The summed E-state index contributed by atoms with van der Waals surface area (Å²) in [5.41, 5.74) is 6.58.